The molecule has 1 fully saturated rings. The molecule has 1 unspecified atom stereocenters. The highest BCUT2D eigenvalue weighted by Crippen LogP contribution is 2.22. The average molecular weight is 286 g/mol. The number of rotatable bonds is 4. The summed E-state index contributed by atoms with van der Waals surface area (Å²) >= 11 is 0. The van der Waals surface area contributed by atoms with Crippen LogP contribution in [0.4, 0.5) is 11.6 Å². The molecule has 3 heterocycles. The fourth-order valence-corrected chi connectivity index (χ4v) is 2.62. The van der Waals surface area contributed by atoms with Crippen molar-refractivity contribution in [3.05, 3.63) is 41.1 Å². The standard InChI is InChI=1S/C14H18N6O/c21-14-5-4-13(18-19-14)20-8-2-1-3-11(20)9-17-12-10-15-6-7-16-12/h4-7,10-11H,1-3,8-9H2,(H,16,17)(H,19,21). The molecule has 1 aliphatic heterocycles. The summed E-state index contributed by atoms with van der Waals surface area (Å²) in [4.78, 5) is 21.6. The predicted octanol–water partition coefficient (Wildman–Crippen LogP) is 1.03. The molecule has 0 amide bonds. The summed E-state index contributed by atoms with van der Waals surface area (Å²) in [6.45, 7) is 1.73. The van der Waals surface area contributed by atoms with Crippen molar-refractivity contribution in [3.63, 3.8) is 0 Å². The van der Waals surface area contributed by atoms with Crippen LogP contribution in [0.5, 0.6) is 0 Å². The first-order chi connectivity index (χ1) is 10.3. The molecular weight excluding hydrogens is 268 g/mol. The van der Waals surface area contributed by atoms with E-state index in [0.29, 0.717) is 6.04 Å². The van der Waals surface area contributed by atoms with Crippen molar-refractivity contribution in [3.8, 4) is 0 Å². The maximum Gasteiger partial charge on any atom is 0.264 e. The molecule has 0 saturated carbocycles. The van der Waals surface area contributed by atoms with Gasteiger partial charge in [-0.15, -0.1) is 0 Å². The van der Waals surface area contributed by atoms with Gasteiger partial charge >= 0.3 is 0 Å². The smallest absolute Gasteiger partial charge is 0.264 e. The molecule has 7 heteroatoms. The van der Waals surface area contributed by atoms with Gasteiger partial charge in [-0.25, -0.2) is 10.1 Å². The SMILES string of the molecule is O=c1ccc(N2CCCCC2CNc2cnccn2)n[nH]1. The minimum atomic E-state index is -0.176. The Hall–Kier alpha value is -2.44. The molecule has 0 radical (unpaired) electrons. The number of nitrogens with one attached hydrogen (secondary N) is 2. The molecule has 0 bridgehead atoms. The zero-order valence-corrected chi connectivity index (χ0v) is 11.7. The van der Waals surface area contributed by atoms with Crippen LogP contribution in [-0.2, 0) is 0 Å². The van der Waals surface area contributed by atoms with Gasteiger partial charge in [0.1, 0.15) is 11.6 Å². The Morgan fingerprint density at radius 3 is 3.05 bits per heavy atom. The zero-order chi connectivity index (χ0) is 14.5. The van der Waals surface area contributed by atoms with Gasteiger partial charge in [-0.2, -0.15) is 5.10 Å². The first-order valence-electron chi connectivity index (χ1n) is 7.15. The first-order valence-corrected chi connectivity index (χ1v) is 7.15. The molecule has 0 aromatic carbocycles. The number of nitrogens with zero attached hydrogens (tertiary/aromatic N) is 4. The van der Waals surface area contributed by atoms with Crippen LogP contribution >= 0.6 is 0 Å². The minimum Gasteiger partial charge on any atom is -0.367 e. The fraction of sp³-hybridized carbons (Fsp3) is 0.429. The van der Waals surface area contributed by atoms with Crippen molar-refractivity contribution < 1.29 is 0 Å². The quantitative estimate of drug-likeness (QED) is 0.873. The molecule has 110 valence electrons. The summed E-state index contributed by atoms with van der Waals surface area (Å²) in [6, 6.07) is 3.63. The van der Waals surface area contributed by atoms with E-state index in [-0.39, 0.29) is 5.56 Å². The van der Waals surface area contributed by atoms with E-state index in [2.05, 4.69) is 30.4 Å². The van der Waals surface area contributed by atoms with Crippen LogP contribution in [0.2, 0.25) is 0 Å². The topological polar surface area (TPSA) is 86.8 Å². The molecule has 1 atom stereocenters. The monoisotopic (exact) mass is 286 g/mol. The van der Waals surface area contributed by atoms with Crippen LogP contribution in [0.15, 0.2) is 35.5 Å². The summed E-state index contributed by atoms with van der Waals surface area (Å²) in [5.41, 5.74) is -0.176. The van der Waals surface area contributed by atoms with E-state index in [9.17, 15) is 4.79 Å². The summed E-state index contributed by atoms with van der Waals surface area (Å²) in [7, 11) is 0. The number of piperidine rings is 1. The molecular formula is C14H18N6O. The lowest BCUT2D eigenvalue weighted by molar-refractivity contribution is 0.467. The summed E-state index contributed by atoms with van der Waals surface area (Å²) in [5, 5.41) is 9.95. The Labute approximate surface area is 122 Å². The van der Waals surface area contributed by atoms with E-state index in [1.807, 2.05) is 0 Å². The second-order valence-electron chi connectivity index (χ2n) is 5.09. The Balaban J connectivity index is 1.69. The van der Waals surface area contributed by atoms with Crippen LogP contribution in [0, 0.1) is 0 Å². The average Bonchev–Trinajstić information content (AvgIpc) is 2.55. The molecule has 3 rings (SSSR count). The van der Waals surface area contributed by atoms with Crippen molar-refractivity contribution in [2.75, 3.05) is 23.3 Å². The van der Waals surface area contributed by atoms with Crippen LogP contribution in [0.1, 0.15) is 19.3 Å². The van der Waals surface area contributed by atoms with E-state index in [1.165, 1.54) is 12.5 Å². The second kappa shape index (κ2) is 6.34. The van der Waals surface area contributed by atoms with Crippen molar-refractivity contribution in [1.82, 2.24) is 20.2 Å². The van der Waals surface area contributed by atoms with E-state index in [1.54, 1.807) is 24.7 Å². The second-order valence-corrected chi connectivity index (χ2v) is 5.09. The highest BCUT2D eigenvalue weighted by molar-refractivity contribution is 5.40. The van der Waals surface area contributed by atoms with Gasteiger partial charge in [0.05, 0.1) is 6.20 Å². The third-order valence-corrected chi connectivity index (χ3v) is 3.67. The summed E-state index contributed by atoms with van der Waals surface area (Å²) < 4.78 is 0. The molecule has 1 saturated heterocycles. The third-order valence-electron chi connectivity index (χ3n) is 3.67. The number of hydrogen-bond acceptors (Lipinski definition) is 6. The lowest BCUT2D eigenvalue weighted by Crippen LogP contribution is -2.44. The lowest BCUT2D eigenvalue weighted by atomic mass is 10.0. The van der Waals surface area contributed by atoms with E-state index < -0.39 is 0 Å². The third kappa shape index (κ3) is 3.36. The molecule has 0 spiro atoms. The van der Waals surface area contributed by atoms with Gasteiger partial charge < -0.3 is 10.2 Å². The van der Waals surface area contributed by atoms with E-state index in [4.69, 9.17) is 0 Å². The van der Waals surface area contributed by atoms with Crippen LogP contribution in [0.25, 0.3) is 0 Å². The van der Waals surface area contributed by atoms with Crippen LogP contribution < -0.4 is 15.8 Å². The number of H-pyrrole nitrogens is 1. The van der Waals surface area contributed by atoms with E-state index >= 15 is 0 Å². The normalized spacial score (nSPS) is 18.5. The van der Waals surface area contributed by atoms with Crippen molar-refractivity contribution in [2.45, 2.75) is 25.3 Å². The van der Waals surface area contributed by atoms with Gasteiger partial charge in [-0.3, -0.25) is 9.78 Å². The lowest BCUT2D eigenvalue weighted by Gasteiger charge is -2.36. The molecule has 0 aliphatic carbocycles. The van der Waals surface area contributed by atoms with Crippen LogP contribution in [-0.4, -0.2) is 39.3 Å². The van der Waals surface area contributed by atoms with Crippen molar-refractivity contribution in [1.29, 1.82) is 0 Å². The molecule has 21 heavy (non-hydrogen) atoms. The highest BCUT2D eigenvalue weighted by Gasteiger charge is 2.23. The number of anilines is 2. The zero-order valence-electron chi connectivity index (χ0n) is 11.7. The Kier molecular flexibility index (Phi) is 4.09. The fourth-order valence-electron chi connectivity index (χ4n) is 2.62. The van der Waals surface area contributed by atoms with Crippen LogP contribution in [0.3, 0.4) is 0 Å². The molecule has 2 N–H and O–H groups in total. The Morgan fingerprint density at radius 2 is 2.29 bits per heavy atom. The largest absolute Gasteiger partial charge is 0.367 e. The molecule has 1 aliphatic rings. The summed E-state index contributed by atoms with van der Waals surface area (Å²) in [6.07, 6.45) is 8.47. The number of aromatic nitrogens is 4. The van der Waals surface area contributed by atoms with Gasteiger partial charge in [0.15, 0.2) is 0 Å². The van der Waals surface area contributed by atoms with Crippen molar-refractivity contribution in [2.24, 2.45) is 0 Å². The van der Waals surface area contributed by atoms with Gasteiger partial charge in [0.25, 0.3) is 5.56 Å². The predicted molar refractivity (Wildman–Crippen MR) is 80.4 cm³/mol. The molecule has 2 aromatic rings. The van der Waals surface area contributed by atoms with Gasteiger partial charge in [-0.05, 0) is 25.3 Å². The van der Waals surface area contributed by atoms with Gasteiger partial charge in [-0.1, -0.05) is 0 Å². The number of hydrogen-bond donors (Lipinski definition) is 2. The highest BCUT2D eigenvalue weighted by atomic mass is 16.1. The first kappa shape index (κ1) is 13.5. The maximum absolute atomic E-state index is 11.1. The van der Waals surface area contributed by atoms with Crippen molar-refractivity contribution >= 4 is 11.6 Å². The van der Waals surface area contributed by atoms with E-state index in [0.717, 1.165) is 37.6 Å². The maximum atomic E-state index is 11.1. The van der Waals surface area contributed by atoms with Gasteiger partial charge in [0, 0.05) is 37.6 Å². The number of aromatic amines is 1. The van der Waals surface area contributed by atoms with Gasteiger partial charge in [0.2, 0.25) is 0 Å². The molecule has 7 nitrogen and oxygen atoms in total. The summed E-state index contributed by atoms with van der Waals surface area (Å²) in [5.74, 6) is 1.60. The Morgan fingerprint density at radius 1 is 1.33 bits per heavy atom. The molecule has 2 aromatic heterocycles. The Bertz CT molecular complexity index is 608. The minimum absolute atomic E-state index is 0.176.